The Bertz CT molecular complexity index is 520. The van der Waals surface area contributed by atoms with Gasteiger partial charge in [0.2, 0.25) is 0 Å². The lowest BCUT2D eigenvalue weighted by Gasteiger charge is -2.03. The Kier molecular flexibility index (Phi) is 1.96. The number of hydrogen-bond acceptors (Lipinski definition) is 4. The Morgan fingerprint density at radius 1 is 0.750 bits per heavy atom. The standard InChI is InChI=1S/C10H8N6/c1-3-15(7-11-1)9-5-13-6-10(14-9)16-4-2-12-8-16/h1-8H. The third kappa shape index (κ3) is 1.46. The number of rotatable bonds is 2. The molecule has 3 aromatic rings. The van der Waals surface area contributed by atoms with Gasteiger partial charge in [-0.05, 0) is 0 Å². The number of aromatic nitrogens is 6. The molecule has 3 rings (SSSR count). The maximum atomic E-state index is 4.44. The van der Waals surface area contributed by atoms with E-state index < -0.39 is 0 Å². The SMILES string of the molecule is c1cn(-c2cncc(-n3ccnc3)n2)cn1. The third-order valence-electron chi connectivity index (χ3n) is 2.15. The molecule has 6 heteroatoms. The molecule has 0 fully saturated rings. The normalized spacial score (nSPS) is 10.5. The summed E-state index contributed by atoms with van der Waals surface area (Å²) in [6, 6.07) is 0. The quantitative estimate of drug-likeness (QED) is 0.631. The first-order valence-corrected chi connectivity index (χ1v) is 4.72. The summed E-state index contributed by atoms with van der Waals surface area (Å²) in [6.07, 6.45) is 13.8. The number of nitrogens with zero attached hydrogens (tertiary/aromatic N) is 6. The second kappa shape index (κ2) is 3.58. The summed E-state index contributed by atoms with van der Waals surface area (Å²) < 4.78 is 3.60. The van der Waals surface area contributed by atoms with E-state index in [2.05, 4.69) is 19.9 Å². The van der Waals surface area contributed by atoms with Crippen molar-refractivity contribution in [3.8, 4) is 11.6 Å². The molecule has 0 atom stereocenters. The van der Waals surface area contributed by atoms with Crippen LogP contribution in [0.3, 0.4) is 0 Å². The molecule has 6 nitrogen and oxygen atoms in total. The van der Waals surface area contributed by atoms with Crippen LogP contribution in [0, 0.1) is 0 Å². The summed E-state index contributed by atoms with van der Waals surface area (Å²) >= 11 is 0. The van der Waals surface area contributed by atoms with Crippen molar-refractivity contribution in [2.24, 2.45) is 0 Å². The Balaban J connectivity index is 2.07. The molecular formula is C10H8N6. The van der Waals surface area contributed by atoms with Crippen LogP contribution in [-0.4, -0.2) is 29.1 Å². The van der Waals surface area contributed by atoms with Crippen molar-refractivity contribution in [3.05, 3.63) is 49.8 Å². The molecule has 0 saturated heterocycles. The van der Waals surface area contributed by atoms with Crippen molar-refractivity contribution < 1.29 is 0 Å². The Morgan fingerprint density at radius 2 is 1.31 bits per heavy atom. The van der Waals surface area contributed by atoms with E-state index in [1.807, 2.05) is 12.4 Å². The van der Waals surface area contributed by atoms with Crippen molar-refractivity contribution in [1.29, 1.82) is 0 Å². The first-order chi connectivity index (χ1) is 7.93. The van der Waals surface area contributed by atoms with E-state index in [-0.39, 0.29) is 0 Å². The Hall–Kier alpha value is -2.50. The van der Waals surface area contributed by atoms with Crippen LogP contribution in [0.15, 0.2) is 49.8 Å². The molecule has 16 heavy (non-hydrogen) atoms. The van der Waals surface area contributed by atoms with Crippen molar-refractivity contribution in [2.75, 3.05) is 0 Å². The fraction of sp³-hybridized carbons (Fsp3) is 0. The molecule has 78 valence electrons. The van der Waals surface area contributed by atoms with Crippen LogP contribution in [0.5, 0.6) is 0 Å². The van der Waals surface area contributed by atoms with Crippen LogP contribution in [0.1, 0.15) is 0 Å². The molecule has 3 aromatic heterocycles. The molecule has 0 N–H and O–H groups in total. The molecule has 0 unspecified atom stereocenters. The van der Waals surface area contributed by atoms with Gasteiger partial charge in [0.25, 0.3) is 0 Å². The fourth-order valence-corrected chi connectivity index (χ4v) is 1.38. The van der Waals surface area contributed by atoms with Gasteiger partial charge >= 0.3 is 0 Å². The highest BCUT2D eigenvalue weighted by Gasteiger charge is 2.01. The number of hydrogen-bond donors (Lipinski definition) is 0. The highest BCUT2D eigenvalue weighted by Crippen LogP contribution is 2.06. The second-order valence-electron chi connectivity index (χ2n) is 3.18. The summed E-state index contributed by atoms with van der Waals surface area (Å²) in [6.45, 7) is 0. The lowest BCUT2D eigenvalue weighted by Crippen LogP contribution is -2.01. The van der Waals surface area contributed by atoms with Crippen LogP contribution < -0.4 is 0 Å². The van der Waals surface area contributed by atoms with E-state index in [0.717, 1.165) is 11.6 Å². The van der Waals surface area contributed by atoms with E-state index in [1.165, 1.54) is 0 Å². The van der Waals surface area contributed by atoms with Gasteiger partial charge in [0.05, 0.1) is 12.4 Å². The fourth-order valence-electron chi connectivity index (χ4n) is 1.38. The van der Waals surface area contributed by atoms with Crippen LogP contribution in [0.4, 0.5) is 0 Å². The van der Waals surface area contributed by atoms with Crippen molar-refractivity contribution in [3.63, 3.8) is 0 Å². The highest BCUT2D eigenvalue weighted by molar-refractivity contribution is 5.27. The zero-order valence-electron chi connectivity index (χ0n) is 8.30. The van der Waals surface area contributed by atoms with Gasteiger partial charge in [0.15, 0.2) is 11.6 Å². The monoisotopic (exact) mass is 212 g/mol. The van der Waals surface area contributed by atoms with Crippen LogP contribution in [0.2, 0.25) is 0 Å². The average Bonchev–Trinajstić information content (AvgIpc) is 3.03. The summed E-state index contributed by atoms with van der Waals surface area (Å²) in [5.41, 5.74) is 0. The van der Waals surface area contributed by atoms with Gasteiger partial charge in [0.1, 0.15) is 12.7 Å². The number of imidazole rings is 2. The molecule has 0 aromatic carbocycles. The second-order valence-corrected chi connectivity index (χ2v) is 3.18. The summed E-state index contributed by atoms with van der Waals surface area (Å²) in [4.78, 5) is 16.5. The maximum absolute atomic E-state index is 4.44. The Morgan fingerprint density at radius 3 is 1.75 bits per heavy atom. The van der Waals surface area contributed by atoms with E-state index in [9.17, 15) is 0 Å². The van der Waals surface area contributed by atoms with Crippen LogP contribution in [-0.2, 0) is 0 Å². The van der Waals surface area contributed by atoms with E-state index in [4.69, 9.17) is 0 Å². The summed E-state index contributed by atoms with van der Waals surface area (Å²) in [7, 11) is 0. The van der Waals surface area contributed by atoms with Crippen molar-refractivity contribution in [2.45, 2.75) is 0 Å². The summed E-state index contributed by atoms with van der Waals surface area (Å²) in [5.74, 6) is 1.45. The van der Waals surface area contributed by atoms with Gasteiger partial charge in [-0.2, -0.15) is 0 Å². The molecule has 3 heterocycles. The topological polar surface area (TPSA) is 61.4 Å². The molecule has 0 aliphatic heterocycles. The molecular weight excluding hydrogens is 204 g/mol. The minimum atomic E-state index is 0.726. The molecule has 0 saturated carbocycles. The largest absolute Gasteiger partial charge is 0.289 e. The van der Waals surface area contributed by atoms with Gasteiger partial charge < -0.3 is 0 Å². The van der Waals surface area contributed by atoms with Gasteiger partial charge in [-0.25, -0.2) is 15.0 Å². The van der Waals surface area contributed by atoms with Crippen molar-refractivity contribution in [1.82, 2.24) is 29.1 Å². The van der Waals surface area contributed by atoms with E-state index in [1.54, 1.807) is 46.6 Å². The lowest BCUT2D eigenvalue weighted by atomic mass is 10.6. The third-order valence-corrected chi connectivity index (χ3v) is 2.15. The maximum Gasteiger partial charge on any atom is 0.158 e. The van der Waals surface area contributed by atoms with Gasteiger partial charge in [-0.15, -0.1) is 0 Å². The molecule has 0 aliphatic rings. The predicted octanol–water partition coefficient (Wildman–Crippen LogP) is 0.848. The predicted molar refractivity (Wildman–Crippen MR) is 56.3 cm³/mol. The first-order valence-electron chi connectivity index (χ1n) is 4.72. The minimum absolute atomic E-state index is 0.726. The van der Waals surface area contributed by atoms with E-state index in [0.29, 0.717) is 0 Å². The smallest absolute Gasteiger partial charge is 0.158 e. The first kappa shape index (κ1) is 8.78. The zero-order chi connectivity index (χ0) is 10.8. The van der Waals surface area contributed by atoms with E-state index >= 15 is 0 Å². The Labute approximate surface area is 91.3 Å². The minimum Gasteiger partial charge on any atom is -0.289 e. The van der Waals surface area contributed by atoms with Gasteiger partial charge in [-0.3, -0.25) is 14.1 Å². The molecule has 0 aliphatic carbocycles. The highest BCUT2D eigenvalue weighted by atomic mass is 15.2. The van der Waals surface area contributed by atoms with Gasteiger partial charge in [0, 0.05) is 24.8 Å². The average molecular weight is 212 g/mol. The summed E-state index contributed by atoms with van der Waals surface area (Å²) in [5, 5.41) is 0. The zero-order valence-corrected chi connectivity index (χ0v) is 8.30. The molecule has 0 radical (unpaired) electrons. The lowest BCUT2D eigenvalue weighted by molar-refractivity contribution is 0.911. The molecule has 0 spiro atoms. The van der Waals surface area contributed by atoms with Crippen LogP contribution >= 0.6 is 0 Å². The van der Waals surface area contributed by atoms with Gasteiger partial charge in [-0.1, -0.05) is 0 Å². The van der Waals surface area contributed by atoms with Crippen LogP contribution in [0.25, 0.3) is 11.6 Å². The molecule has 0 amide bonds. The molecule has 0 bridgehead atoms. The van der Waals surface area contributed by atoms with Crippen molar-refractivity contribution >= 4 is 0 Å².